The highest BCUT2D eigenvalue weighted by Gasteiger charge is 2.26. The summed E-state index contributed by atoms with van der Waals surface area (Å²) in [5.41, 5.74) is 2.77. The molecular formula is C24H23FN4O10. The van der Waals surface area contributed by atoms with Crippen molar-refractivity contribution >= 4 is 22.9 Å². The first-order valence-electron chi connectivity index (χ1n) is 11.5. The van der Waals surface area contributed by atoms with E-state index in [2.05, 4.69) is 14.5 Å². The highest BCUT2D eigenvalue weighted by molar-refractivity contribution is 6.01. The van der Waals surface area contributed by atoms with Crippen molar-refractivity contribution in [3.63, 3.8) is 0 Å². The molecule has 14 nitrogen and oxygen atoms in total. The third kappa shape index (κ3) is 7.47. The van der Waals surface area contributed by atoms with Crippen LogP contribution in [0.3, 0.4) is 0 Å². The minimum absolute atomic E-state index is 0.0962. The number of aromatic nitrogens is 1. The van der Waals surface area contributed by atoms with E-state index in [1.54, 1.807) is 12.1 Å². The molecule has 0 aliphatic heterocycles. The number of para-hydroxylation sites is 1. The minimum Gasteiger partial charge on any atom is -0.338 e. The smallest absolute Gasteiger partial charge is 0.306 e. The van der Waals surface area contributed by atoms with Gasteiger partial charge >= 0.3 is 11.1 Å². The Kier molecular flexibility index (Phi) is 9.09. The summed E-state index contributed by atoms with van der Waals surface area (Å²) in [6.07, 6.45) is -1.88. The molecule has 0 N–H and O–H groups in total. The van der Waals surface area contributed by atoms with Crippen LogP contribution >= 0.6 is 0 Å². The molecule has 39 heavy (non-hydrogen) atoms. The lowest BCUT2D eigenvalue weighted by molar-refractivity contribution is -0.777. The molecule has 0 saturated carbocycles. The molecule has 0 spiro atoms. The molecular weight excluding hydrogens is 523 g/mol. The summed E-state index contributed by atoms with van der Waals surface area (Å²) in [6, 6.07) is 13.1. The van der Waals surface area contributed by atoms with Crippen molar-refractivity contribution in [2.24, 2.45) is 0 Å². The summed E-state index contributed by atoms with van der Waals surface area (Å²) < 4.78 is 15.6. The molecule has 2 aromatic carbocycles. The Morgan fingerprint density at radius 2 is 1.62 bits per heavy atom. The monoisotopic (exact) mass is 546 g/mol. The van der Waals surface area contributed by atoms with Crippen LogP contribution in [0.5, 0.6) is 0 Å². The van der Waals surface area contributed by atoms with E-state index in [-0.39, 0.29) is 6.04 Å². The zero-order chi connectivity index (χ0) is 28.7. The van der Waals surface area contributed by atoms with Crippen LogP contribution in [0.15, 0.2) is 54.6 Å². The second-order valence-corrected chi connectivity index (χ2v) is 8.55. The Morgan fingerprint density at radius 1 is 0.974 bits per heavy atom. The average Bonchev–Trinajstić information content (AvgIpc) is 3.16. The van der Waals surface area contributed by atoms with Gasteiger partial charge in [0.1, 0.15) is 18.0 Å². The van der Waals surface area contributed by atoms with Crippen LogP contribution < -0.4 is 0 Å². The van der Waals surface area contributed by atoms with Crippen molar-refractivity contribution in [2.45, 2.75) is 44.9 Å². The minimum atomic E-state index is -1.66. The van der Waals surface area contributed by atoms with Gasteiger partial charge in [-0.2, -0.15) is 0 Å². The molecule has 3 rings (SSSR count). The third-order valence-corrected chi connectivity index (χ3v) is 5.59. The summed E-state index contributed by atoms with van der Waals surface area (Å²) in [7, 11) is 0. The molecule has 1 aromatic heterocycles. The quantitative estimate of drug-likeness (QED) is 0.215. The molecule has 206 valence electrons. The van der Waals surface area contributed by atoms with Gasteiger partial charge in [-0.25, -0.2) is 9.23 Å². The molecule has 3 aromatic rings. The number of hydrogen-bond donors (Lipinski definition) is 0. The Hall–Kier alpha value is -5.08. The van der Waals surface area contributed by atoms with Gasteiger partial charge in [0.2, 0.25) is 0 Å². The summed E-state index contributed by atoms with van der Waals surface area (Å²) in [5.74, 6) is -1.88. The largest absolute Gasteiger partial charge is 0.338 e. The van der Waals surface area contributed by atoms with Gasteiger partial charge in [-0.3, -0.25) is 4.79 Å². The van der Waals surface area contributed by atoms with Gasteiger partial charge < -0.3 is 14.2 Å². The molecule has 0 aliphatic carbocycles. The zero-order valence-corrected chi connectivity index (χ0v) is 20.7. The summed E-state index contributed by atoms with van der Waals surface area (Å²) in [5, 5.41) is 29.6. The Labute approximate surface area is 219 Å². The van der Waals surface area contributed by atoms with E-state index in [0.717, 1.165) is 10.9 Å². The van der Waals surface area contributed by atoms with Gasteiger partial charge in [-0.05, 0) is 43.7 Å². The van der Waals surface area contributed by atoms with E-state index >= 15 is 0 Å². The number of hydrogen-bond acceptors (Lipinski definition) is 10. The van der Waals surface area contributed by atoms with Crippen molar-refractivity contribution in [3.05, 3.63) is 96.5 Å². The first-order valence-corrected chi connectivity index (χ1v) is 11.5. The molecule has 1 heterocycles. The van der Waals surface area contributed by atoms with E-state index < -0.39 is 52.1 Å². The van der Waals surface area contributed by atoms with Crippen LogP contribution in [0.25, 0.3) is 28.1 Å². The summed E-state index contributed by atoms with van der Waals surface area (Å²) in [4.78, 5) is 57.0. The molecule has 0 bridgehead atoms. The topological polar surface area (TPSA) is 179 Å². The number of carbonyl (C=O) groups is 1. The number of rotatable bonds is 13. The Bertz CT molecular complexity index is 1400. The van der Waals surface area contributed by atoms with Crippen LogP contribution in [0, 0.1) is 36.2 Å². The zero-order valence-electron chi connectivity index (χ0n) is 20.7. The normalized spacial score (nSPS) is 12.8. The van der Waals surface area contributed by atoms with E-state index in [0.29, 0.717) is 16.8 Å². The maximum absolute atomic E-state index is 13.7. The van der Waals surface area contributed by atoms with Gasteiger partial charge in [-0.1, -0.05) is 36.4 Å². The molecule has 0 aliphatic rings. The van der Waals surface area contributed by atoms with Crippen LogP contribution in [0.2, 0.25) is 0 Å². The van der Waals surface area contributed by atoms with Gasteiger partial charge in [0.25, 0.3) is 10.2 Å². The van der Waals surface area contributed by atoms with Crippen molar-refractivity contribution < 1.29 is 39.0 Å². The van der Waals surface area contributed by atoms with E-state index in [1.807, 2.05) is 42.7 Å². The summed E-state index contributed by atoms with van der Waals surface area (Å²) in [6.45, 7) is 3.84. The molecule has 0 saturated heterocycles. The number of carbonyl (C=O) groups excluding carboxylic acids is 1. The molecule has 0 amide bonds. The first kappa shape index (κ1) is 28.5. The number of fused-ring (bicyclic) bond motifs is 1. The molecule has 0 fully saturated rings. The van der Waals surface area contributed by atoms with Crippen molar-refractivity contribution in [3.8, 4) is 11.1 Å². The van der Waals surface area contributed by atoms with Crippen LogP contribution in [-0.2, 0) is 19.3 Å². The Balaban J connectivity index is 2.07. The molecule has 0 radical (unpaired) electrons. The average molecular weight is 546 g/mol. The first-order chi connectivity index (χ1) is 18.5. The Morgan fingerprint density at radius 3 is 2.21 bits per heavy atom. The maximum atomic E-state index is 13.7. The number of benzene rings is 2. The van der Waals surface area contributed by atoms with Crippen LogP contribution in [-0.4, -0.2) is 38.0 Å². The predicted octanol–water partition coefficient (Wildman–Crippen LogP) is 4.71. The molecule has 0 unspecified atom stereocenters. The maximum Gasteiger partial charge on any atom is 0.306 e. The second-order valence-electron chi connectivity index (χ2n) is 8.55. The fourth-order valence-electron chi connectivity index (χ4n) is 4.24. The predicted molar refractivity (Wildman–Crippen MR) is 133 cm³/mol. The number of halogens is 1. The third-order valence-electron chi connectivity index (χ3n) is 5.59. The van der Waals surface area contributed by atoms with Crippen molar-refractivity contribution in [2.75, 3.05) is 0 Å². The van der Waals surface area contributed by atoms with E-state index in [9.17, 15) is 39.5 Å². The lowest BCUT2D eigenvalue weighted by Gasteiger charge is -2.18. The van der Waals surface area contributed by atoms with Gasteiger partial charge in [0.05, 0.1) is 6.42 Å². The second kappa shape index (κ2) is 12.4. The number of nitrogens with zero attached hydrogens (tertiary/aromatic N) is 4. The fourth-order valence-corrected chi connectivity index (χ4v) is 4.24. The highest BCUT2D eigenvalue weighted by atomic mass is 19.1. The standard InChI is InChI=1S/C24H23FN4O10/c1-15(2)26-21-6-4-3-5-20(21)24(16-7-9-17(25)10-8-16)22(26)12-11-18(37-27(31)32)13-19(38-28(33)34)14-23(30)39-29(35)36/h3-12,15,18-19H,13-14H2,1-2H3/b12-11+/t18-,19-/m0/s1. The fraction of sp³-hybridized carbons (Fsp3) is 0.292. The lowest BCUT2D eigenvalue weighted by atomic mass is 10.0. The molecule has 15 heteroatoms. The lowest BCUT2D eigenvalue weighted by Crippen LogP contribution is -2.29. The van der Waals surface area contributed by atoms with E-state index in [1.165, 1.54) is 24.3 Å². The van der Waals surface area contributed by atoms with E-state index in [4.69, 9.17) is 0 Å². The van der Waals surface area contributed by atoms with Gasteiger partial charge in [0, 0.05) is 34.6 Å². The van der Waals surface area contributed by atoms with Gasteiger partial charge in [0.15, 0.2) is 0 Å². The van der Waals surface area contributed by atoms with Crippen LogP contribution in [0.1, 0.15) is 38.4 Å². The molecule has 2 atom stereocenters. The SMILES string of the molecule is CC(C)n1c(/C=C/[C@@H](C[C@@H](CC(=O)O[N+](=O)[O-])O[N+](=O)[O-])O[N+](=O)[O-])c(-c2ccc(F)cc2)c2ccccc21. The van der Waals surface area contributed by atoms with Crippen molar-refractivity contribution in [1.82, 2.24) is 4.57 Å². The highest BCUT2D eigenvalue weighted by Crippen LogP contribution is 2.38. The van der Waals surface area contributed by atoms with Crippen molar-refractivity contribution in [1.29, 1.82) is 0 Å². The van der Waals surface area contributed by atoms with Gasteiger partial charge in [-0.15, -0.1) is 30.3 Å². The van der Waals surface area contributed by atoms with Crippen LogP contribution in [0.4, 0.5) is 4.39 Å². The summed E-state index contributed by atoms with van der Waals surface area (Å²) >= 11 is 0.